The van der Waals surface area contributed by atoms with Gasteiger partial charge in [0.25, 0.3) is 7.82 Å². The summed E-state index contributed by atoms with van der Waals surface area (Å²) in [6, 6.07) is -0.884. The summed E-state index contributed by atoms with van der Waals surface area (Å²) in [4.78, 5) is 25.6. The van der Waals surface area contributed by atoms with Crippen LogP contribution in [-0.2, 0) is 18.4 Å². The number of phosphoric ester groups is 1. The van der Waals surface area contributed by atoms with E-state index in [1.165, 1.54) is 263 Å². The molecule has 0 radical (unpaired) electrons. The van der Waals surface area contributed by atoms with E-state index in [4.69, 9.17) is 9.05 Å². The van der Waals surface area contributed by atoms with E-state index in [0.717, 1.165) is 38.5 Å². The van der Waals surface area contributed by atoms with E-state index >= 15 is 0 Å². The number of hydrogen-bond acceptors (Lipinski definition) is 6. The molecule has 0 saturated heterocycles. The number of unbranched alkanes of at least 4 members (excludes halogenated alkanes) is 44. The van der Waals surface area contributed by atoms with Gasteiger partial charge >= 0.3 is 0 Å². The molecule has 428 valence electrons. The van der Waals surface area contributed by atoms with Crippen molar-refractivity contribution in [2.24, 2.45) is 0 Å². The molecule has 9 heteroatoms. The maximum atomic E-state index is 13.0. The molecule has 0 aromatic heterocycles. The molecule has 0 heterocycles. The minimum absolute atomic E-state index is 0.00161. The molecule has 0 spiro atoms. The number of quaternary nitrogens is 1. The molecule has 0 rings (SSSR count). The Balaban J connectivity index is 4.09. The molecule has 0 aromatic carbocycles. The van der Waals surface area contributed by atoms with Crippen LogP contribution in [0.15, 0.2) is 24.3 Å². The highest BCUT2D eigenvalue weighted by Gasteiger charge is 2.23. The number of aliphatic hydroxyl groups is 1. The lowest BCUT2D eigenvalue weighted by atomic mass is 10.0. The maximum Gasteiger partial charge on any atom is 0.268 e. The number of amides is 1. The van der Waals surface area contributed by atoms with E-state index in [-0.39, 0.29) is 19.1 Å². The van der Waals surface area contributed by atoms with Crippen molar-refractivity contribution in [3.63, 3.8) is 0 Å². The van der Waals surface area contributed by atoms with Crippen LogP contribution < -0.4 is 10.2 Å². The molecule has 0 saturated carbocycles. The molecular formula is C63H125N2O6P. The van der Waals surface area contributed by atoms with E-state index in [1.54, 1.807) is 6.08 Å². The van der Waals surface area contributed by atoms with E-state index in [0.29, 0.717) is 17.4 Å². The second-order valence-corrected chi connectivity index (χ2v) is 24.5. The van der Waals surface area contributed by atoms with E-state index in [2.05, 4.69) is 31.3 Å². The standard InChI is InChI=1S/C63H125N2O6P/c1-6-8-10-12-14-16-18-20-22-24-26-28-29-30-31-32-33-34-35-37-39-41-43-45-47-49-51-53-55-57-63(67)64-61(60-71-72(68,69)70-59-58-65(3,4)5)62(66)56-54-52-50-48-46-44-42-40-38-36-27-25-23-21-19-17-15-13-11-9-7-2/h24,26,54,56,61-62,66H,6-23,25,27-53,55,57-60H2,1-5H3,(H-,64,67,68,69)/b26-24-,56-54+. The minimum atomic E-state index is -4.60. The molecular weight excluding hydrogens is 912 g/mol. The first kappa shape index (κ1) is 71.0. The number of likely N-dealkylation sites (N-methyl/N-ethyl adjacent to an activating group) is 1. The van der Waals surface area contributed by atoms with Crippen molar-refractivity contribution in [1.82, 2.24) is 5.32 Å². The highest BCUT2D eigenvalue weighted by atomic mass is 31.2. The van der Waals surface area contributed by atoms with Gasteiger partial charge < -0.3 is 28.8 Å². The number of hydrogen-bond donors (Lipinski definition) is 2. The van der Waals surface area contributed by atoms with Crippen molar-refractivity contribution in [2.75, 3.05) is 40.9 Å². The lowest BCUT2D eigenvalue weighted by Gasteiger charge is -2.29. The van der Waals surface area contributed by atoms with Gasteiger partial charge in [0.1, 0.15) is 13.2 Å². The fraction of sp³-hybridized carbons (Fsp3) is 0.921. The van der Waals surface area contributed by atoms with Crippen LogP contribution in [0.2, 0.25) is 0 Å². The largest absolute Gasteiger partial charge is 0.756 e. The van der Waals surface area contributed by atoms with Gasteiger partial charge in [0.05, 0.1) is 39.9 Å². The van der Waals surface area contributed by atoms with Crippen molar-refractivity contribution in [3.05, 3.63) is 24.3 Å². The summed E-state index contributed by atoms with van der Waals surface area (Å²) >= 11 is 0. The van der Waals surface area contributed by atoms with Gasteiger partial charge in [-0.05, 0) is 44.9 Å². The molecule has 0 aliphatic carbocycles. The minimum Gasteiger partial charge on any atom is -0.756 e. The number of rotatable bonds is 59. The molecule has 0 fully saturated rings. The van der Waals surface area contributed by atoms with E-state index < -0.39 is 20.0 Å². The summed E-state index contributed by atoms with van der Waals surface area (Å²) in [5, 5.41) is 13.9. The Morgan fingerprint density at radius 3 is 1.08 bits per heavy atom. The zero-order valence-electron chi connectivity index (χ0n) is 48.9. The number of carbonyl (C=O) groups is 1. The molecule has 3 atom stereocenters. The monoisotopic (exact) mass is 1040 g/mol. The van der Waals surface area contributed by atoms with Crippen molar-refractivity contribution in [3.8, 4) is 0 Å². The molecule has 3 unspecified atom stereocenters. The van der Waals surface area contributed by atoms with E-state index in [1.807, 2.05) is 27.2 Å². The lowest BCUT2D eigenvalue weighted by Crippen LogP contribution is -2.45. The second kappa shape index (κ2) is 54.8. The van der Waals surface area contributed by atoms with Crippen LogP contribution in [-0.4, -0.2) is 68.5 Å². The van der Waals surface area contributed by atoms with Gasteiger partial charge in [-0.3, -0.25) is 9.36 Å². The molecule has 2 N–H and O–H groups in total. The zero-order chi connectivity index (χ0) is 52.7. The van der Waals surface area contributed by atoms with Crippen LogP contribution >= 0.6 is 7.82 Å². The van der Waals surface area contributed by atoms with Gasteiger partial charge in [-0.2, -0.15) is 0 Å². The fourth-order valence-corrected chi connectivity index (χ4v) is 10.4. The Hall–Kier alpha value is -1.02. The third-order valence-corrected chi connectivity index (χ3v) is 15.6. The van der Waals surface area contributed by atoms with Crippen molar-refractivity contribution in [2.45, 2.75) is 334 Å². The summed E-state index contributed by atoms with van der Waals surface area (Å²) < 4.78 is 23.4. The SMILES string of the molecule is CCCCCCCCCC/C=C\CCCCCCCCCCCCCCCCCCCC(=O)NC(COP(=O)([O-])OCC[N+](C)(C)C)C(O)/C=C/CCCCCCCCCCCCCCCCCCCCC. The average molecular weight is 1040 g/mol. The van der Waals surface area contributed by atoms with Gasteiger partial charge in [-0.1, -0.05) is 295 Å². The normalized spacial score (nSPS) is 13.9. The predicted molar refractivity (Wildman–Crippen MR) is 312 cm³/mol. The smallest absolute Gasteiger partial charge is 0.268 e. The molecule has 72 heavy (non-hydrogen) atoms. The van der Waals surface area contributed by atoms with Crippen LogP contribution in [0.3, 0.4) is 0 Å². The highest BCUT2D eigenvalue weighted by Crippen LogP contribution is 2.38. The van der Waals surface area contributed by atoms with Crippen LogP contribution in [0.5, 0.6) is 0 Å². The van der Waals surface area contributed by atoms with Gasteiger partial charge in [-0.15, -0.1) is 0 Å². The summed E-state index contributed by atoms with van der Waals surface area (Å²) in [6.45, 7) is 4.70. The summed E-state index contributed by atoms with van der Waals surface area (Å²) in [7, 11) is 1.28. The highest BCUT2D eigenvalue weighted by molar-refractivity contribution is 7.45. The van der Waals surface area contributed by atoms with Crippen LogP contribution in [0.1, 0.15) is 322 Å². The average Bonchev–Trinajstić information content (AvgIpc) is 3.34. The Labute approximate surface area is 449 Å². The fourth-order valence-electron chi connectivity index (χ4n) is 9.68. The molecule has 0 aromatic rings. The number of nitrogens with one attached hydrogen (secondary N) is 1. The lowest BCUT2D eigenvalue weighted by molar-refractivity contribution is -0.870. The van der Waals surface area contributed by atoms with Gasteiger partial charge in [0.15, 0.2) is 0 Å². The van der Waals surface area contributed by atoms with Crippen LogP contribution in [0.4, 0.5) is 0 Å². The van der Waals surface area contributed by atoms with Crippen LogP contribution in [0, 0.1) is 0 Å². The molecule has 0 aliphatic heterocycles. The van der Waals surface area contributed by atoms with Crippen molar-refractivity contribution >= 4 is 13.7 Å². The molecule has 0 bridgehead atoms. The molecule has 1 amide bonds. The predicted octanol–water partition coefficient (Wildman–Crippen LogP) is 18.9. The third kappa shape index (κ3) is 56.7. The summed E-state index contributed by atoms with van der Waals surface area (Å²) in [6.07, 6.45) is 69.8. The Bertz CT molecular complexity index is 1220. The molecule has 8 nitrogen and oxygen atoms in total. The Morgan fingerprint density at radius 2 is 0.764 bits per heavy atom. The van der Waals surface area contributed by atoms with Crippen molar-refractivity contribution in [1.29, 1.82) is 0 Å². The number of nitrogens with zero attached hydrogens (tertiary/aromatic N) is 1. The van der Waals surface area contributed by atoms with Gasteiger partial charge in [0.2, 0.25) is 5.91 Å². The second-order valence-electron chi connectivity index (χ2n) is 23.1. The number of aliphatic hydroxyl groups excluding tert-OH is 1. The number of allylic oxidation sites excluding steroid dienone is 3. The quantitative estimate of drug-likeness (QED) is 0.0272. The van der Waals surface area contributed by atoms with E-state index in [9.17, 15) is 19.4 Å². The maximum absolute atomic E-state index is 13.0. The van der Waals surface area contributed by atoms with Gasteiger partial charge in [0, 0.05) is 6.42 Å². The first-order chi connectivity index (χ1) is 35.0. The number of carbonyl (C=O) groups excluding carboxylic acids is 1. The first-order valence-corrected chi connectivity index (χ1v) is 33.2. The number of phosphoric acid groups is 1. The first-order valence-electron chi connectivity index (χ1n) is 31.7. The molecule has 0 aliphatic rings. The van der Waals surface area contributed by atoms with Crippen molar-refractivity contribution < 1.29 is 32.9 Å². The summed E-state index contributed by atoms with van der Waals surface area (Å²) in [5.41, 5.74) is 0. The Kier molecular flexibility index (Phi) is 54.0. The third-order valence-electron chi connectivity index (χ3n) is 14.7. The topological polar surface area (TPSA) is 108 Å². The van der Waals surface area contributed by atoms with Gasteiger partial charge in [-0.25, -0.2) is 0 Å². The van der Waals surface area contributed by atoms with Crippen LogP contribution in [0.25, 0.3) is 0 Å². The Morgan fingerprint density at radius 1 is 0.472 bits per heavy atom. The zero-order valence-corrected chi connectivity index (χ0v) is 49.8. The summed E-state index contributed by atoms with van der Waals surface area (Å²) in [5.74, 6) is -0.191.